The van der Waals surface area contributed by atoms with Gasteiger partial charge in [0.1, 0.15) is 0 Å². The number of halogens is 1. The average molecular weight is 206 g/mol. The van der Waals surface area contributed by atoms with Gasteiger partial charge in [-0.05, 0) is 44.0 Å². The van der Waals surface area contributed by atoms with Crippen LogP contribution >= 0.6 is 11.6 Å². The van der Waals surface area contributed by atoms with E-state index in [1.807, 2.05) is 25.1 Å². The number of rotatable bonds is 0. The highest BCUT2D eigenvalue weighted by Crippen LogP contribution is 2.24. The minimum atomic E-state index is 0.743. The lowest BCUT2D eigenvalue weighted by molar-refractivity contribution is 1.17. The van der Waals surface area contributed by atoms with E-state index in [1.165, 1.54) is 16.5 Å². The molecular formula is C12H12ClN. The lowest BCUT2D eigenvalue weighted by Gasteiger charge is -2.08. The van der Waals surface area contributed by atoms with Crippen molar-refractivity contribution in [3.8, 4) is 0 Å². The number of fused-ring (bicyclic) bond motifs is 1. The van der Waals surface area contributed by atoms with Crippen molar-refractivity contribution < 1.29 is 0 Å². The highest BCUT2D eigenvalue weighted by molar-refractivity contribution is 6.31. The normalized spacial score (nSPS) is 10.9. The van der Waals surface area contributed by atoms with Crippen LogP contribution < -0.4 is 0 Å². The molecular weight excluding hydrogens is 194 g/mol. The fourth-order valence-electron chi connectivity index (χ4n) is 1.65. The van der Waals surface area contributed by atoms with Gasteiger partial charge in [0.2, 0.25) is 0 Å². The molecule has 2 aromatic rings. The number of aromatic nitrogens is 1. The maximum atomic E-state index is 5.92. The standard InChI is InChI=1S/C12H12ClN/c1-7-8(2)11-5-4-10(13)6-12(11)14-9(7)3/h4-6H,1-3H3. The Morgan fingerprint density at radius 3 is 2.50 bits per heavy atom. The third-order valence-electron chi connectivity index (χ3n) is 2.76. The Kier molecular flexibility index (Phi) is 2.20. The van der Waals surface area contributed by atoms with Crippen LogP contribution in [0.15, 0.2) is 18.2 Å². The first kappa shape index (κ1) is 9.47. The van der Waals surface area contributed by atoms with Crippen LogP contribution in [-0.2, 0) is 0 Å². The van der Waals surface area contributed by atoms with Crippen molar-refractivity contribution in [2.45, 2.75) is 20.8 Å². The predicted octanol–water partition coefficient (Wildman–Crippen LogP) is 3.81. The van der Waals surface area contributed by atoms with Crippen LogP contribution in [0.1, 0.15) is 16.8 Å². The third kappa shape index (κ3) is 1.38. The molecule has 1 heterocycles. The molecule has 2 heteroatoms. The summed E-state index contributed by atoms with van der Waals surface area (Å²) in [6.07, 6.45) is 0. The van der Waals surface area contributed by atoms with Gasteiger partial charge in [-0.2, -0.15) is 0 Å². The zero-order chi connectivity index (χ0) is 10.3. The number of aryl methyl sites for hydroxylation is 2. The summed E-state index contributed by atoms with van der Waals surface area (Å²) in [6, 6.07) is 5.86. The highest BCUT2D eigenvalue weighted by Gasteiger charge is 2.05. The van der Waals surface area contributed by atoms with Crippen molar-refractivity contribution >= 4 is 22.5 Å². The summed E-state index contributed by atoms with van der Waals surface area (Å²) in [4.78, 5) is 4.51. The Hall–Kier alpha value is -1.08. The molecule has 72 valence electrons. The smallest absolute Gasteiger partial charge is 0.0722 e. The van der Waals surface area contributed by atoms with Crippen LogP contribution in [-0.4, -0.2) is 4.98 Å². The van der Waals surface area contributed by atoms with Crippen LogP contribution in [0.25, 0.3) is 10.9 Å². The summed E-state index contributed by atoms with van der Waals surface area (Å²) < 4.78 is 0. The molecule has 0 aliphatic carbocycles. The van der Waals surface area contributed by atoms with Gasteiger partial charge in [-0.3, -0.25) is 4.98 Å². The minimum Gasteiger partial charge on any atom is -0.253 e. The molecule has 1 nitrogen and oxygen atoms in total. The molecule has 1 aromatic carbocycles. The Morgan fingerprint density at radius 2 is 1.79 bits per heavy atom. The minimum absolute atomic E-state index is 0.743. The number of nitrogens with zero attached hydrogens (tertiary/aromatic N) is 1. The molecule has 0 atom stereocenters. The molecule has 0 bridgehead atoms. The summed E-state index contributed by atoms with van der Waals surface area (Å²) in [5, 5.41) is 1.94. The van der Waals surface area contributed by atoms with Gasteiger partial charge < -0.3 is 0 Å². The Labute approximate surface area is 88.7 Å². The van der Waals surface area contributed by atoms with Gasteiger partial charge in [-0.25, -0.2) is 0 Å². The van der Waals surface area contributed by atoms with E-state index >= 15 is 0 Å². The molecule has 0 spiro atoms. The first-order valence-electron chi connectivity index (χ1n) is 4.62. The molecule has 14 heavy (non-hydrogen) atoms. The fourth-order valence-corrected chi connectivity index (χ4v) is 1.82. The summed E-state index contributed by atoms with van der Waals surface area (Å²) in [7, 11) is 0. The average Bonchev–Trinajstić information content (AvgIpc) is 2.14. The fraction of sp³-hybridized carbons (Fsp3) is 0.250. The monoisotopic (exact) mass is 205 g/mol. The third-order valence-corrected chi connectivity index (χ3v) is 2.99. The lowest BCUT2D eigenvalue weighted by Crippen LogP contribution is -1.93. The van der Waals surface area contributed by atoms with Crippen molar-refractivity contribution in [3.05, 3.63) is 40.0 Å². The molecule has 0 unspecified atom stereocenters. The van der Waals surface area contributed by atoms with Gasteiger partial charge >= 0.3 is 0 Å². The molecule has 0 saturated carbocycles. The Bertz CT molecular complexity index is 503. The number of benzene rings is 1. The molecule has 0 fully saturated rings. The number of hydrogen-bond donors (Lipinski definition) is 0. The van der Waals surface area contributed by atoms with E-state index in [9.17, 15) is 0 Å². The molecule has 2 rings (SSSR count). The molecule has 0 saturated heterocycles. The van der Waals surface area contributed by atoms with Crippen LogP contribution in [0.4, 0.5) is 0 Å². The summed E-state index contributed by atoms with van der Waals surface area (Å²) in [6.45, 7) is 6.26. The van der Waals surface area contributed by atoms with Crippen LogP contribution in [0.3, 0.4) is 0 Å². The van der Waals surface area contributed by atoms with E-state index in [-0.39, 0.29) is 0 Å². The van der Waals surface area contributed by atoms with Gasteiger partial charge in [0.15, 0.2) is 0 Å². The molecule has 0 amide bonds. The van der Waals surface area contributed by atoms with Crippen molar-refractivity contribution in [1.82, 2.24) is 4.98 Å². The Balaban J connectivity index is 2.91. The van der Waals surface area contributed by atoms with Crippen LogP contribution in [0.5, 0.6) is 0 Å². The van der Waals surface area contributed by atoms with Crippen LogP contribution in [0, 0.1) is 20.8 Å². The topological polar surface area (TPSA) is 12.9 Å². The SMILES string of the molecule is Cc1nc2cc(Cl)ccc2c(C)c1C. The maximum absolute atomic E-state index is 5.92. The lowest BCUT2D eigenvalue weighted by atomic mass is 10.0. The summed E-state index contributed by atoms with van der Waals surface area (Å²) >= 11 is 5.92. The van der Waals surface area contributed by atoms with Crippen molar-refractivity contribution in [2.75, 3.05) is 0 Å². The first-order chi connectivity index (χ1) is 6.59. The first-order valence-corrected chi connectivity index (χ1v) is 5.00. The van der Waals surface area contributed by atoms with Gasteiger partial charge in [0, 0.05) is 16.1 Å². The van der Waals surface area contributed by atoms with E-state index in [4.69, 9.17) is 11.6 Å². The molecule has 1 aromatic heterocycles. The molecule has 0 N–H and O–H groups in total. The quantitative estimate of drug-likeness (QED) is 0.637. The van der Waals surface area contributed by atoms with Gasteiger partial charge in [0.05, 0.1) is 5.52 Å². The van der Waals surface area contributed by atoms with Crippen molar-refractivity contribution in [3.63, 3.8) is 0 Å². The van der Waals surface area contributed by atoms with E-state index in [1.54, 1.807) is 0 Å². The van der Waals surface area contributed by atoms with Gasteiger partial charge in [-0.15, -0.1) is 0 Å². The molecule has 0 aliphatic heterocycles. The molecule has 0 aliphatic rings. The molecule has 0 radical (unpaired) electrons. The van der Waals surface area contributed by atoms with Crippen LogP contribution in [0.2, 0.25) is 5.02 Å². The second kappa shape index (κ2) is 3.25. The predicted molar refractivity (Wildman–Crippen MR) is 61.0 cm³/mol. The van der Waals surface area contributed by atoms with E-state index in [0.717, 1.165) is 16.2 Å². The van der Waals surface area contributed by atoms with E-state index < -0.39 is 0 Å². The largest absolute Gasteiger partial charge is 0.253 e. The second-order valence-corrected chi connectivity index (χ2v) is 4.05. The van der Waals surface area contributed by atoms with E-state index in [2.05, 4.69) is 18.8 Å². The van der Waals surface area contributed by atoms with Crippen molar-refractivity contribution in [2.24, 2.45) is 0 Å². The Morgan fingerprint density at radius 1 is 1.07 bits per heavy atom. The number of hydrogen-bond acceptors (Lipinski definition) is 1. The second-order valence-electron chi connectivity index (χ2n) is 3.61. The van der Waals surface area contributed by atoms with E-state index in [0.29, 0.717) is 0 Å². The zero-order valence-electron chi connectivity index (χ0n) is 8.56. The van der Waals surface area contributed by atoms with Crippen molar-refractivity contribution in [1.29, 1.82) is 0 Å². The zero-order valence-corrected chi connectivity index (χ0v) is 9.31. The van der Waals surface area contributed by atoms with Gasteiger partial charge in [-0.1, -0.05) is 17.7 Å². The summed E-state index contributed by atoms with van der Waals surface area (Å²) in [5.41, 5.74) is 4.62. The number of pyridine rings is 1. The highest BCUT2D eigenvalue weighted by atomic mass is 35.5. The van der Waals surface area contributed by atoms with Gasteiger partial charge in [0.25, 0.3) is 0 Å². The maximum Gasteiger partial charge on any atom is 0.0722 e. The summed E-state index contributed by atoms with van der Waals surface area (Å²) in [5.74, 6) is 0.